The highest BCUT2D eigenvalue weighted by atomic mass is 35.5. The molecule has 2 atom stereocenters. The fourth-order valence-electron chi connectivity index (χ4n) is 4.09. The first-order chi connectivity index (χ1) is 15.8. The Morgan fingerprint density at radius 1 is 1.09 bits per heavy atom. The van der Waals surface area contributed by atoms with E-state index in [-0.39, 0.29) is 28.5 Å². The second kappa shape index (κ2) is 11.7. The van der Waals surface area contributed by atoms with Gasteiger partial charge in [0.2, 0.25) is 5.91 Å². The molecule has 0 unspecified atom stereocenters. The van der Waals surface area contributed by atoms with Crippen LogP contribution in [0.25, 0.3) is 0 Å². The van der Waals surface area contributed by atoms with E-state index in [1.54, 1.807) is 19.2 Å². The Kier molecular flexibility index (Phi) is 9.01. The minimum Gasteiger partial charge on any atom is -0.497 e. The van der Waals surface area contributed by atoms with Gasteiger partial charge in [0.05, 0.1) is 23.7 Å². The van der Waals surface area contributed by atoms with E-state index in [1.807, 2.05) is 32.0 Å². The Hall–Kier alpha value is -2.28. The fourth-order valence-corrected chi connectivity index (χ4v) is 4.59. The average molecular weight is 492 g/mol. The number of amides is 2. The number of nitrogens with zero attached hydrogens (tertiary/aromatic N) is 1. The molecule has 0 spiro atoms. The van der Waals surface area contributed by atoms with Crippen molar-refractivity contribution in [2.24, 2.45) is 5.92 Å². The predicted octanol–water partition coefficient (Wildman–Crippen LogP) is 4.71. The second-order valence-corrected chi connectivity index (χ2v) is 9.44. The molecule has 0 aliphatic carbocycles. The van der Waals surface area contributed by atoms with Crippen molar-refractivity contribution in [1.82, 2.24) is 15.5 Å². The topological polar surface area (TPSA) is 70.7 Å². The molecule has 6 nitrogen and oxygen atoms in total. The molecule has 2 amide bonds. The van der Waals surface area contributed by atoms with Gasteiger partial charge in [-0.3, -0.25) is 14.5 Å². The number of hydrogen-bond acceptors (Lipinski definition) is 4. The highest BCUT2D eigenvalue weighted by Gasteiger charge is 2.28. The zero-order valence-corrected chi connectivity index (χ0v) is 20.7. The lowest BCUT2D eigenvalue weighted by Gasteiger charge is -2.30. The van der Waals surface area contributed by atoms with E-state index in [0.717, 1.165) is 37.2 Å². The van der Waals surface area contributed by atoms with Crippen molar-refractivity contribution < 1.29 is 14.3 Å². The molecule has 2 N–H and O–H groups in total. The van der Waals surface area contributed by atoms with E-state index >= 15 is 0 Å². The Balaban J connectivity index is 1.71. The molecule has 1 heterocycles. The SMILES string of the molecule is COc1cccc([C@H](CNC(=O)[C@@H](NC(=O)c2ccc(Cl)cc2Cl)C(C)C)N2CCCC2)c1. The summed E-state index contributed by atoms with van der Waals surface area (Å²) in [6.07, 6.45) is 2.28. The highest BCUT2D eigenvalue weighted by molar-refractivity contribution is 6.36. The molecule has 0 radical (unpaired) electrons. The van der Waals surface area contributed by atoms with Crippen molar-refractivity contribution in [3.63, 3.8) is 0 Å². The summed E-state index contributed by atoms with van der Waals surface area (Å²) >= 11 is 12.1. The first-order valence-electron chi connectivity index (χ1n) is 11.2. The van der Waals surface area contributed by atoms with E-state index < -0.39 is 11.9 Å². The van der Waals surface area contributed by atoms with Crippen LogP contribution in [0.1, 0.15) is 48.7 Å². The standard InChI is InChI=1S/C25H31Cl2N3O3/c1-16(2)23(29-24(31)20-10-9-18(26)14-21(20)27)25(32)28-15-22(30-11-4-5-12-30)17-7-6-8-19(13-17)33-3/h6-10,13-14,16,22-23H,4-5,11-12,15H2,1-3H3,(H,28,32)(H,29,31)/t22-,23-/m0/s1. The molecule has 0 saturated carbocycles. The molecule has 0 bridgehead atoms. The van der Waals surface area contributed by atoms with Gasteiger partial charge in [0, 0.05) is 11.6 Å². The van der Waals surface area contributed by atoms with E-state index in [9.17, 15) is 9.59 Å². The van der Waals surface area contributed by atoms with Gasteiger partial charge >= 0.3 is 0 Å². The number of rotatable bonds is 9. The van der Waals surface area contributed by atoms with Crippen LogP contribution in [-0.4, -0.2) is 49.5 Å². The van der Waals surface area contributed by atoms with Crippen LogP contribution in [0.5, 0.6) is 5.75 Å². The zero-order chi connectivity index (χ0) is 24.0. The smallest absolute Gasteiger partial charge is 0.253 e. The lowest BCUT2D eigenvalue weighted by atomic mass is 10.0. The van der Waals surface area contributed by atoms with Gasteiger partial charge in [0.1, 0.15) is 11.8 Å². The Morgan fingerprint density at radius 2 is 1.82 bits per heavy atom. The minimum absolute atomic E-state index is 0.0285. The molecule has 33 heavy (non-hydrogen) atoms. The Labute approximate surface area is 205 Å². The Bertz CT molecular complexity index is 977. The van der Waals surface area contributed by atoms with E-state index in [2.05, 4.69) is 21.6 Å². The molecule has 8 heteroatoms. The van der Waals surface area contributed by atoms with Gasteiger partial charge in [0.25, 0.3) is 5.91 Å². The number of carbonyl (C=O) groups is 2. The monoisotopic (exact) mass is 491 g/mol. The molecule has 1 aliphatic rings. The molecule has 1 saturated heterocycles. The molecule has 2 aromatic rings. The molecule has 1 fully saturated rings. The summed E-state index contributed by atoms with van der Waals surface area (Å²) in [7, 11) is 1.65. The van der Waals surface area contributed by atoms with Crippen LogP contribution in [0.4, 0.5) is 0 Å². The quantitative estimate of drug-likeness (QED) is 0.532. The average Bonchev–Trinajstić information content (AvgIpc) is 3.31. The van der Waals surface area contributed by atoms with Crippen LogP contribution in [0, 0.1) is 5.92 Å². The summed E-state index contributed by atoms with van der Waals surface area (Å²) in [5, 5.41) is 6.59. The summed E-state index contributed by atoms with van der Waals surface area (Å²) in [6, 6.07) is 11.9. The number of likely N-dealkylation sites (tertiary alicyclic amines) is 1. The largest absolute Gasteiger partial charge is 0.497 e. The number of benzene rings is 2. The van der Waals surface area contributed by atoms with Crippen LogP contribution in [-0.2, 0) is 4.79 Å². The predicted molar refractivity (Wildman–Crippen MR) is 132 cm³/mol. The molecule has 178 valence electrons. The molecule has 1 aliphatic heterocycles. The maximum atomic E-state index is 13.1. The van der Waals surface area contributed by atoms with Crippen molar-refractivity contribution in [2.75, 3.05) is 26.7 Å². The van der Waals surface area contributed by atoms with E-state index in [0.29, 0.717) is 11.6 Å². The minimum atomic E-state index is -0.700. The second-order valence-electron chi connectivity index (χ2n) is 8.60. The highest BCUT2D eigenvalue weighted by Crippen LogP contribution is 2.27. The number of halogens is 2. The van der Waals surface area contributed by atoms with Crippen molar-refractivity contribution in [3.8, 4) is 5.75 Å². The maximum Gasteiger partial charge on any atom is 0.253 e. The number of carbonyl (C=O) groups excluding carboxylic acids is 2. The van der Waals surface area contributed by atoms with Gasteiger partial charge in [-0.05, 0) is 67.7 Å². The lowest BCUT2D eigenvalue weighted by molar-refractivity contribution is -0.124. The number of methoxy groups -OCH3 is 1. The molecule has 2 aromatic carbocycles. The third-order valence-electron chi connectivity index (χ3n) is 5.94. The van der Waals surface area contributed by atoms with Gasteiger partial charge in [-0.1, -0.05) is 49.2 Å². The fraction of sp³-hybridized carbons (Fsp3) is 0.440. The molecular weight excluding hydrogens is 461 g/mol. The summed E-state index contributed by atoms with van der Waals surface area (Å²) in [5.41, 5.74) is 1.38. The number of hydrogen-bond donors (Lipinski definition) is 2. The van der Waals surface area contributed by atoms with Crippen LogP contribution in [0.15, 0.2) is 42.5 Å². The third-order valence-corrected chi connectivity index (χ3v) is 6.49. The van der Waals surface area contributed by atoms with Gasteiger partial charge in [0.15, 0.2) is 0 Å². The van der Waals surface area contributed by atoms with Crippen molar-refractivity contribution >= 4 is 35.0 Å². The van der Waals surface area contributed by atoms with E-state index in [1.165, 1.54) is 6.07 Å². The van der Waals surface area contributed by atoms with Crippen molar-refractivity contribution in [3.05, 3.63) is 63.6 Å². The van der Waals surface area contributed by atoms with Crippen molar-refractivity contribution in [1.29, 1.82) is 0 Å². The summed E-state index contributed by atoms with van der Waals surface area (Å²) < 4.78 is 5.39. The summed E-state index contributed by atoms with van der Waals surface area (Å²) in [6.45, 7) is 6.20. The normalized spacial score (nSPS) is 15.8. The van der Waals surface area contributed by atoms with Crippen LogP contribution >= 0.6 is 23.2 Å². The zero-order valence-electron chi connectivity index (χ0n) is 19.2. The first kappa shape index (κ1) is 25.3. The number of ether oxygens (including phenoxy) is 1. The van der Waals surface area contributed by atoms with Crippen LogP contribution in [0.2, 0.25) is 10.0 Å². The van der Waals surface area contributed by atoms with Gasteiger partial charge in [-0.2, -0.15) is 0 Å². The molecule has 0 aromatic heterocycles. The maximum absolute atomic E-state index is 13.1. The van der Waals surface area contributed by atoms with Crippen LogP contribution in [0.3, 0.4) is 0 Å². The molecule has 3 rings (SSSR count). The van der Waals surface area contributed by atoms with Crippen molar-refractivity contribution in [2.45, 2.75) is 38.8 Å². The van der Waals surface area contributed by atoms with Gasteiger partial charge < -0.3 is 15.4 Å². The van der Waals surface area contributed by atoms with Gasteiger partial charge in [-0.25, -0.2) is 0 Å². The summed E-state index contributed by atoms with van der Waals surface area (Å²) in [4.78, 5) is 28.3. The van der Waals surface area contributed by atoms with Crippen LogP contribution < -0.4 is 15.4 Å². The number of nitrogens with one attached hydrogen (secondary N) is 2. The summed E-state index contributed by atoms with van der Waals surface area (Å²) in [5.74, 6) is 0.0437. The van der Waals surface area contributed by atoms with Gasteiger partial charge in [-0.15, -0.1) is 0 Å². The lowest BCUT2D eigenvalue weighted by Crippen LogP contribution is -2.51. The third kappa shape index (κ3) is 6.62. The Morgan fingerprint density at radius 3 is 2.45 bits per heavy atom. The molecular formula is C25H31Cl2N3O3. The first-order valence-corrected chi connectivity index (χ1v) is 12.0. The van der Waals surface area contributed by atoms with E-state index in [4.69, 9.17) is 27.9 Å².